The largest absolute Gasteiger partial charge is 0.372 e. The Kier molecular flexibility index (Phi) is 5.67. The summed E-state index contributed by atoms with van der Waals surface area (Å²) >= 11 is 3.50. The van der Waals surface area contributed by atoms with Gasteiger partial charge in [-0.2, -0.15) is 0 Å². The molecule has 0 bridgehead atoms. The van der Waals surface area contributed by atoms with Crippen molar-refractivity contribution < 1.29 is 4.74 Å². The van der Waals surface area contributed by atoms with Gasteiger partial charge in [-0.15, -0.1) is 0 Å². The Morgan fingerprint density at radius 1 is 1.39 bits per heavy atom. The SMILES string of the molecule is CCN(CCCBr)CC1OCCc2ccccc21. The van der Waals surface area contributed by atoms with Crippen molar-refractivity contribution in [1.29, 1.82) is 0 Å². The van der Waals surface area contributed by atoms with Gasteiger partial charge in [-0.1, -0.05) is 47.1 Å². The number of rotatable bonds is 6. The number of fused-ring (bicyclic) bond motifs is 1. The maximum absolute atomic E-state index is 5.96. The van der Waals surface area contributed by atoms with Crippen LogP contribution in [-0.2, 0) is 11.2 Å². The van der Waals surface area contributed by atoms with E-state index in [1.165, 1.54) is 17.5 Å². The molecule has 2 nitrogen and oxygen atoms in total. The third-order valence-electron chi connectivity index (χ3n) is 3.57. The molecule has 2 rings (SSSR count). The van der Waals surface area contributed by atoms with E-state index in [9.17, 15) is 0 Å². The van der Waals surface area contributed by atoms with Crippen LogP contribution in [0.25, 0.3) is 0 Å². The average Bonchev–Trinajstić information content (AvgIpc) is 2.43. The summed E-state index contributed by atoms with van der Waals surface area (Å²) in [6.45, 7) is 6.33. The summed E-state index contributed by atoms with van der Waals surface area (Å²) in [5.74, 6) is 0. The molecule has 18 heavy (non-hydrogen) atoms. The van der Waals surface area contributed by atoms with Crippen molar-refractivity contribution in [2.24, 2.45) is 0 Å². The predicted molar refractivity (Wildman–Crippen MR) is 79.4 cm³/mol. The Balaban J connectivity index is 2.01. The Morgan fingerprint density at radius 2 is 2.22 bits per heavy atom. The van der Waals surface area contributed by atoms with Gasteiger partial charge in [0.05, 0.1) is 12.7 Å². The van der Waals surface area contributed by atoms with Gasteiger partial charge in [0.15, 0.2) is 0 Å². The Bertz CT molecular complexity index is 369. The molecular weight excluding hydrogens is 290 g/mol. The van der Waals surface area contributed by atoms with Gasteiger partial charge >= 0.3 is 0 Å². The summed E-state index contributed by atoms with van der Waals surface area (Å²) in [6, 6.07) is 8.70. The lowest BCUT2D eigenvalue weighted by molar-refractivity contribution is 0.0170. The molecule has 1 atom stereocenters. The molecule has 0 saturated carbocycles. The van der Waals surface area contributed by atoms with Crippen LogP contribution in [0.3, 0.4) is 0 Å². The number of nitrogens with zero attached hydrogens (tertiary/aromatic N) is 1. The second-order valence-electron chi connectivity index (χ2n) is 4.74. The van der Waals surface area contributed by atoms with E-state index >= 15 is 0 Å². The Morgan fingerprint density at radius 3 is 3.00 bits per heavy atom. The Labute approximate surface area is 118 Å². The summed E-state index contributed by atoms with van der Waals surface area (Å²) in [6.07, 6.45) is 2.51. The van der Waals surface area contributed by atoms with E-state index in [0.29, 0.717) is 0 Å². The van der Waals surface area contributed by atoms with Crippen LogP contribution in [0.15, 0.2) is 24.3 Å². The minimum absolute atomic E-state index is 0.255. The molecule has 0 saturated heterocycles. The number of ether oxygens (including phenoxy) is 1. The molecule has 0 amide bonds. The van der Waals surface area contributed by atoms with Gasteiger partial charge in [0, 0.05) is 11.9 Å². The highest BCUT2D eigenvalue weighted by Gasteiger charge is 2.22. The number of benzene rings is 1. The minimum atomic E-state index is 0.255. The zero-order valence-electron chi connectivity index (χ0n) is 11.1. The van der Waals surface area contributed by atoms with Crippen molar-refractivity contribution >= 4 is 15.9 Å². The number of alkyl halides is 1. The van der Waals surface area contributed by atoms with E-state index < -0.39 is 0 Å². The molecule has 1 aliphatic heterocycles. The number of halogens is 1. The summed E-state index contributed by atoms with van der Waals surface area (Å²) in [4.78, 5) is 2.48. The molecule has 1 heterocycles. The van der Waals surface area contributed by atoms with Crippen LogP contribution in [0.4, 0.5) is 0 Å². The molecule has 100 valence electrons. The molecule has 0 N–H and O–H groups in total. The van der Waals surface area contributed by atoms with E-state index in [4.69, 9.17) is 4.74 Å². The van der Waals surface area contributed by atoms with Gasteiger partial charge in [0.2, 0.25) is 0 Å². The smallest absolute Gasteiger partial charge is 0.0954 e. The summed E-state index contributed by atoms with van der Waals surface area (Å²) in [5.41, 5.74) is 2.85. The van der Waals surface area contributed by atoms with Crippen LogP contribution in [-0.4, -0.2) is 36.5 Å². The molecule has 1 aliphatic rings. The van der Waals surface area contributed by atoms with E-state index in [2.05, 4.69) is 52.0 Å². The van der Waals surface area contributed by atoms with Crippen molar-refractivity contribution in [3.8, 4) is 0 Å². The van der Waals surface area contributed by atoms with Crippen molar-refractivity contribution in [2.45, 2.75) is 25.9 Å². The van der Waals surface area contributed by atoms with Crippen molar-refractivity contribution in [1.82, 2.24) is 4.90 Å². The molecule has 0 aromatic heterocycles. The van der Waals surface area contributed by atoms with Gasteiger partial charge in [-0.05, 0) is 37.1 Å². The van der Waals surface area contributed by atoms with E-state index in [0.717, 1.165) is 38.0 Å². The van der Waals surface area contributed by atoms with Crippen molar-refractivity contribution in [3.63, 3.8) is 0 Å². The number of hydrogen-bond acceptors (Lipinski definition) is 2. The monoisotopic (exact) mass is 311 g/mol. The van der Waals surface area contributed by atoms with Gasteiger partial charge in [-0.3, -0.25) is 0 Å². The van der Waals surface area contributed by atoms with Crippen molar-refractivity contribution in [3.05, 3.63) is 35.4 Å². The van der Waals surface area contributed by atoms with Crippen LogP contribution in [0.5, 0.6) is 0 Å². The molecule has 1 aromatic carbocycles. The van der Waals surface area contributed by atoms with Gasteiger partial charge < -0.3 is 9.64 Å². The Hall–Kier alpha value is -0.380. The average molecular weight is 312 g/mol. The van der Waals surface area contributed by atoms with Crippen LogP contribution in [0.1, 0.15) is 30.6 Å². The van der Waals surface area contributed by atoms with Gasteiger partial charge in [-0.25, -0.2) is 0 Å². The fourth-order valence-electron chi connectivity index (χ4n) is 2.52. The van der Waals surface area contributed by atoms with Crippen LogP contribution in [0, 0.1) is 0 Å². The fraction of sp³-hybridized carbons (Fsp3) is 0.600. The van der Waals surface area contributed by atoms with Crippen molar-refractivity contribution in [2.75, 3.05) is 31.6 Å². The number of hydrogen-bond donors (Lipinski definition) is 0. The minimum Gasteiger partial charge on any atom is -0.372 e. The highest BCUT2D eigenvalue weighted by atomic mass is 79.9. The summed E-state index contributed by atoms with van der Waals surface area (Å²) in [7, 11) is 0. The van der Waals surface area contributed by atoms with Gasteiger partial charge in [0.25, 0.3) is 0 Å². The van der Waals surface area contributed by atoms with E-state index in [-0.39, 0.29) is 6.10 Å². The van der Waals surface area contributed by atoms with Crippen LogP contribution < -0.4 is 0 Å². The topological polar surface area (TPSA) is 12.5 Å². The fourth-order valence-corrected chi connectivity index (χ4v) is 2.78. The molecular formula is C15H22BrNO. The van der Waals surface area contributed by atoms with E-state index in [1.807, 2.05) is 0 Å². The normalized spacial score (nSPS) is 18.9. The molecule has 1 unspecified atom stereocenters. The first-order valence-corrected chi connectivity index (χ1v) is 7.95. The maximum atomic E-state index is 5.96. The van der Waals surface area contributed by atoms with Crippen LogP contribution in [0.2, 0.25) is 0 Å². The molecule has 0 aliphatic carbocycles. The zero-order chi connectivity index (χ0) is 12.8. The molecule has 3 heteroatoms. The molecule has 1 aromatic rings. The first-order valence-electron chi connectivity index (χ1n) is 6.83. The first-order chi connectivity index (χ1) is 8.85. The lowest BCUT2D eigenvalue weighted by atomic mass is 9.97. The molecule has 0 fully saturated rings. The lowest BCUT2D eigenvalue weighted by Gasteiger charge is -2.31. The zero-order valence-corrected chi connectivity index (χ0v) is 12.7. The standard InChI is InChI=1S/C15H22BrNO/c1-2-17(10-5-9-16)12-15-14-7-4-3-6-13(14)8-11-18-15/h3-4,6-7,15H,2,5,8-12H2,1H3. The third-order valence-corrected chi connectivity index (χ3v) is 4.13. The highest BCUT2D eigenvalue weighted by Crippen LogP contribution is 2.27. The first kappa shape index (κ1) is 14.0. The second-order valence-corrected chi connectivity index (χ2v) is 5.54. The second kappa shape index (κ2) is 7.27. The van der Waals surface area contributed by atoms with E-state index in [1.54, 1.807) is 0 Å². The lowest BCUT2D eigenvalue weighted by Crippen LogP contribution is -2.32. The molecule has 0 spiro atoms. The predicted octanol–water partition coefficient (Wildman–Crippen LogP) is 3.41. The quantitative estimate of drug-likeness (QED) is 0.747. The van der Waals surface area contributed by atoms with Gasteiger partial charge in [0.1, 0.15) is 0 Å². The maximum Gasteiger partial charge on any atom is 0.0954 e. The van der Waals surface area contributed by atoms with Crippen LogP contribution >= 0.6 is 15.9 Å². The summed E-state index contributed by atoms with van der Waals surface area (Å²) in [5, 5.41) is 1.08. The number of likely N-dealkylation sites (N-methyl/N-ethyl adjacent to an activating group) is 1. The molecule has 0 radical (unpaired) electrons. The third kappa shape index (κ3) is 3.56. The highest BCUT2D eigenvalue weighted by molar-refractivity contribution is 9.09. The summed E-state index contributed by atoms with van der Waals surface area (Å²) < 4.78 is 5.96.